The SMILES string of the molecule is C[C@H](C=O)[C@H]1CC[C@H](C)[C@H]1C=O. The first-order valence-corrected chi connectivity index (χ1v) is 4.61. The monoisotopic (exact) mass is 168 g/mol. The molecule has 0 amide bonds. The molecule has 1 aliphatic rings. The van der Waals surface area contributed by atoms with Gasteiger partial charge in [0.1, 0.15) is 12.6 Å². The van der Waals surface area contributed by atoms with Crippen LogP contribution in [0, 0.1) is 23.7 Å². The van der Waals surface area contributed by atoms with Crippen molar-refractivity contribution in [3.05, 3.63) is 0 Å². The third kappa shape index (κ3) is 1.57. The maximum Gasteiger partial charge on any atom is 0.123 e. The standard InChI is InChI=1S/C10H16O2/c1-7-3-4-9(8(2)5-11)10(7)6-12/h5-10H,3-4H2,1-2H3/t7-,8+,9+,10+/m0/s1. The fourth-order valence-electron chi connectivity index (χ4n) is 2.21. The lowest BCUT2D eigenvalue weighted by Crippen LogP contribution is -2.21. The molecule has 0 aromatic rings. The molecule has 0 aliphatic heterocycles. The summed E-state index contributed by atoms with van der Waals surface area (Å²) in [5.74, 6) is 0.931. The van der Waals surface area contributed by atoms with E-state index in [4.69, 9.17) is 0 Å². The van der Waals surface area contributed by atoms with Gasteiger partial charge >= 0.3 is 0 Å². The molecule has 0 spiro atoms. The van der Waals surface area contributed by atoms with Crippen molar-refractivity contribution in [1.29, 1.82) is 0 Å². The Bertz CT molecular complexity index is 177. The minimum Gasteiger partial charge on any atom is -0.303 e. The average Bonchev–Trinajstić information content (AvgIpc) is 2.45. The first-order chi connectivity index (χ1) is 5.70. The molecule has 12 heavy (non-hydrogen) atoms. The first kappa shape index (κ1) is 9.43. The first-order valence-electron chi connectivity index (χ1n) is 4.61. The molecule has 68 valence electrons. The summed E-state index contributed by atoms with van der Waals surface area (Å²) < 4.78 is 0. The van der Waals surface area contributed by atoms with Crippen molar-refractivity contribution in [2.75, 3.05) is 0 Å². The van der Waals surface area contributed by atoms with E-state index in [0.717, 1.165) is 25.4 Å². The Kier molecular flexibility index (Phi) is 3.01. The molecule has 0 N–H and O–H groups in total. The smallest absolute Gasteiger partial charge is 0.123 e. The maximum atomic E-state index is 10.7. The lowest BCUT2D eigenvalue weighted by atomic mass is 9.84. The number of carbonyl (C=O) groups excluding carboxylic acids is 2. The third-order valence-corrected chi connectivity index (χ3v) is 3.15. The van der Waals surface area contributed by atoms with Crippen LogP contribution >= 0.6 is 0 Å². The summed E-state index contributed by atoms with van der Waals surface area (Å²) in [4.78, 5) is 21.3. The Hall–Kier alpha value is -0.660. The second-order valence-electron chi connectivity index (χ2n) is 3.93. The Morgan fingerprint density at radius 1 is 1.33 bits per heavy atom. The second kappa shape index (κ2) is 3.83. The van der Waals surface area contributed by atoms with Gasteiger partial charge in [-0.2, -0.15) is 0 Å². The highest BCUT2D eigenvalue weighted by Crippen LogP contribution is 2.39. The van der Waals surface area contributed by atoms with E-state index in [2.05, 4.69) is 6.92 Å². The molecule has 0 aromatic heterocycles. The Balaban J connectivity index is 2.65. The normalized spacial score (nSPS) is 37.7. The molecule has 1 saturated carbocycles. The largest absolute Gasteiger partial charge is 0.303 e. The van der Waals surface area contributed by atoms with E-state index in [1.165, 1.54) is 0 Å². The van der Waals surface area contributed by atoms with Crippen molar-refractivity contribution < 1.29 is 9.59 Å². The molecule has 1 rings (SSSR count). The van der Waals surface area contributed by atoms with Gasteiger partial charge in [0.05, 0.1) is 0 Å². The summed E-state index contributed by atoms with van der Waals surface area (Å²) in [6, 6.07) is 0. The molecule has 0 heterocycles. The van der Waals surface area contributed by atoms with Gasteiger partial charge in [0.15, 0.2) is 0 Å². The van der Waals surface area contributed by atoms with Crippen LogP contribution in [0.1, 0.15) is 26.7 Å². The van der Waals surface area contributed by atoms with Gasteiger partial charge in [-0.1, -0.05) is 13.8 Å². The average molecular weight is 168 g/mol. The van der Waals surface area contributed by atoms with Crippen molar-refractivity contribution in [2.24, 2.45) is 23.7 Å². The summed E-state index contributed by atoms with van der Waals surface area (Å²) in [7, 11) is 0. The highest BCUT2D eigenvalue weighted by Gasteiger charge is 2.35. The fourth-order valence-corrected chi connectivity index (χ4v) is 2.21. The molecule has 2 nitrogen and oxygen atoms in total. The fraction of sp³-hybridized carbons (Fsp3) is 0.800. The van der Waals surface area contributed by atoms with Gasteiger partial charge in [-0.25, -0.2) is 0 Å². The molecule has 2 heteroatoms. The van der Waals surface area contributed by atoms with Gasteiger partial charge in [-0.05, 0) is 24.7 Å². The van der Waals surface area contributed by atoms with Crippen molar-refractivity contribution >= 4 is 12.6 Å². The van der Waals surface area contributed by atoms with E-state index in [0.29, 0.717) is 11.8 Å². The van der Waals surface area contributed by atoms with Crippen LogP contribution in [0.2, 0.25) is 0 Å². The molecule has 0 bridgehead atoms. The number of hydrogen-bond donors (Lipinski definition) is 0. The van der Waals surface area contributed by atoms with Crippen LogP contribution < -0.4 is 0 Å². The Morgan fingerprint density at radius 3 is 2.50 bits per heavy atom. The van der Waals surface area contributed by atoms with Crippen molar-refractivity contribution in [2.45, 2.75) is 26.7 Å². The van der Waals surface area contributed by atoms with Gasteiger partial charge in [-0.15, -0.1) is 0 Å². The van der Waals surface area contributed by atoms with E-state index in [9.17, 15) is 9.59 Å². The minimum atomic E-state index is 0.0464. The summed E-state index contributed by atoms with van der Waals surface area (Å²) in [5, 5.41) is 0. The molecular weight excluding hydrogens is 152 g/mol. The Morgan fingerprint density at radius 2 is 2.00 bits per heavy atom. The van der Waals surface area contributed by atoms with Crippen LogP contribution in [0.4, 0.5) is 0 Å². The maximum absolute atomic E-state index is 10.7. The van der Waals surface area contributed by atoms with Crippen LogP contribution in [0.5, 0.6) is 0 Å². The van der Waals surface area contributed by atoms with E-state index < -0.39 is 0 Å². The molecular formula is C10H16O2. The van der Waals surface area contributed by atoms with Gasteiger partial charge in [0.2, 0.25) is 0 Å². The zero-order valence-electron chi connectivity index (χ0n) is 7.69. The molecule has 1 fully saturated rings. The van der Waals surface area contributed by atoms with Gasteiger partial charge in [0, 0.05) is 11.8 Å². The van der Waals surface area contributed by atoms with Gasteiger partial charge in [0.25, 0.3) is 0 Å². The van der Waals surface area contributed by atoms with Crippen LogP contribution in [0.15, 0.2) is 0 Å². The van der Waals surface area contributed by atoms with Crippen LogP contribution in [0.3, 0.4) is 0 Å². The Labute approximate surface area is 73.3 Å². The van der Waals surface area contributed by atoms with Crippen LogP contribution in [-0.4, -0.2) is 12.6 Å². The van der Waals surface area contributed by atoms with Crippen LogP contribution in [-0.2, 0) is 9.59 Å². The molecule has 0 unspecified atom stereocenters. The topological polar surface area (TPSA) is 34.1 Å². The van der Waals surface area contributed by atoms with E-state index in [1.54, 1.807) is 0 Å². The predicted octanol–water partition coefficient (Wildman–Crippen LogP) is 1.68. The minimum absolute atomic E-state index is 0.0464. The van der Waals surface area contributed by atoms with E-state index >= 15 is 0 Å². The number of rotatable bonds is 3. The summed E-state index contributed by atoms with van der Waals surface area (Å²) in [6.45, 7) is 4.00. The lowest BCUT2D eigenvalue weighted by molar-refractivity contribution is -0.116. The predicted molar refractivity (Wildman–Crippen MR) is 46.7 cm³/mol. The number of hydrogen-bond acceptors (Lipinski definition) is 2. The lowest BCUT2D eigenvalue weighted by Gasteiger charge is -2.19. The zero-order chi connectivity index (χ0) is 9.14. The highest BCUT2D eigenvalue weighted by molar-refractivity contribution is 5.59. The summed E-state index contributed by atoms with van der Waals surface area (Å²) in [5.41, 5.74) is 0. The molecule has 0 aromatic carbocycles. The third-order valence-electron chi connectivity index (χ3n) is 3.15. The second-order valence-corrected chi connectivity index (χ2v) is 3.93. The van der Waals surface area contributed by atoms with Crippen molar-refractivity contribution in [3.63, 3.8) is 0 Å². The quantitative estimate of drug-likeness (QED) is 0.601. The number of carbonyl (C=O) groups is 2. The molecule has 4 atom stereocenters. The highest BCUT2D eigenvalue weighted by atomic mass is 16.1. The molecule has 0 radical (unpaired) electrons. The van der Waals surface area contributed by atoms with Gasteiger partial charge < -0.3 is 9.59 Å². The van der Waals surface area contributed by atoms with E-state index in [1.807, 2.05) is 6.92 Å². The van der Waals surface area contributed by atoms with Crippen molar-refractivity contribution in [3.8, 4) is 0 Å². The van der Waals surface area contributed by atoms with E-state index in [-0.39, 0.29) is 11.8 Å². The van der Waals surface area contributed by atoms with Crippen molar-refractivity contribution in [1.82, 2.24) is 0 Å². The van der Waals surface area contributed by atoms with Crippen LogP contribution in [0.25, 0.3) is 0 Å². The summed E-state index contributed by atoms with van der Waals surface area (Å²) >= 11 is 0. The zero-order valence-corrected chi connectivity index (χ0v) is 7.69. The number of aldehydes is 2. The summed E-state index contributed by atoms with van der Waals surface area (Å²) in [6.07, 6.45) is 4.12. The molecule has 1 aliphatic carbocycles. The molecule has 0 saturated heterocycles. The van der Waals surface area contributed by atoms with Gasteiger partial charge in [-0.3, -0.25) is 0 Å².